The number of ether oxygens (including phenoxy) is 2. The summed E-state index contributed by atoms with van der Waals surface area (Å²) < 4.78 is 25.6. The van der Waals surface area contributed by atoms with Crippen LogP contribution in [-0.2, 0) is 6.54 Å². The van der Waals surface area contributed by atoms with Crippen LogP contribution in [-0.4, -0.2) is 29.9 Å². The summed E-state index contributed by atoms with van der Waals surface area (Å²) >= 11 is 0. The molecule has 0 aliphatic rings. The number of nitrogens with one attached hydrogen (secondary N) is 1. The molecule has 6 nitrogen and oxygen atoms in total. The molecule has 7 heteroatoms. The fourth-order valence-electron chi connectivity index (χ4n) is 2.46. The molecule has 3 rings (SSSR count). The molecule has 0 aliphatic carbocycles. The molecular formula is C19H18FN3O3. The average molecular weight is 355 g/mol. The smallest absolute Gasteiger partial charge is 0.256 e. The van der Waals surface area contributed by atoms with E-state index in [2.05, 4.69) is 10.4 Å². The molecule has 2 aromatic carbocycles. The third-order valence-corrected chi connectivity index (χ3v) is 3.79. The van der Waals surface area contributed by atoms with E-state index >= 15 is 0 Å². The summed E-state index contributed by atoms with van der Waals surface area (Å²) in [4.78, 5) is 12.5. The molecule has 1 heterocycles. The Labute approximate surface area is 150 Å². The van der Waals surface area contributed by atoms with Crippen molar-refractivity contribution in [2.24, 2.45) is 0 Å². The number of carbonyl (C=O) groups is 1. The fourth-order valence-corrected chi connectivity index (χ4v) is 2.46. The van der Waals surface area contributed by atoms with Gasteiger partial charge in [0.15, 0.2) is 0 Å². The molecule has 0 spiro atoms. The fraction of sp³-hybridized carbons (Fsp3) is 0.158. The van der Waals surface area contributed by atoms with Gasteiger partial charge in [0.1, 0.15) is 17.3 Å². The first-order valence-corrected chi connectivity index (χ1v) is 7.89. The second kappa shape index (κ2) is 7.69. The molecule has 134 valence electrons. The van der Waals surface area contributed by atoms with Gasteiger partial charge in [-0.3, -0.25) is 9.48 Å². The SMILES string of the molecule is COc1cc(OC)cc(C(=O)Nc2cnn(Cc3ccccc3F)c2)c1. The number of carbonyl (C=O) groups excluding carboxylic acids is 1. The van der Waals surface area contributed by atoms with Gasteiger partial charge < -0.3 is 14.8 Å². The van der Waals surface area contributed by atoms with Gasteiger partial charge in [0.25, 0.3) is 5.91 Å². The number of hydrogen-bond donors (Lipinski definition) is 1. The highest BCUT2D eigenvalue weighted by Gasteiger charge is 2.12. The van der Waals surface area contributed by atoms with Crippen molar-refractivity contribution in [2.45, 2.75) is 6.54 Å². The van der Waals surface area contributed by atoms with Crippen molar-refractivity contribution in [2.75, 3.05) is 19.5 Å². The number of methoxy groups -OCH3 is 2. The monoisotopic (exact) mass is 355 g/mol. The van der Waals surface area contributed by atoms with Gasteiger partial charge in [-0.25, -0.2) is 4.39 Å². The minimum Gasteiger partial charge on any atom is -0.497 e. The van der Waals surface area contributed by atoms with Crippen LogP contribution in [0.2, 0.25) is 0 Å². The second-order valence-corrected chi connectivity index (χ2v) is 5.57. The van der Waals surface area contributed by atoms with E-state index in [1.165, 1.54) is 26.5 Å². The standard InChI is InChI=1S/C19H18FN3O3/c1-25-16-7-14(8-17(9-16)26-2)19(24)22-15-10-21-23(12-15)11-13-5-3-4-6-18(13)20/h3-10,12H,11H2,1-2H3,(H,22,24). The Morgan fingerprint density at radius 1 is 1.15 bits per heavy atom. The molecule has 0 fully saturated rings. The van der Waals surface area contributed by atoms with Crippen LogP contribution in [0.5, 0.6) is 11.5 Å². The van der Waals surface area contributed by atoms with E-state index < -0.39 is 0 Å². The van der Waals surface area contributed by atoms with Crippen molar-refractivity contribution in [3.05, 3.63) is 71.8 Å². The Hall–Kier alpha value is -3.35. The minimum atomic E-state index is -0.326. The predicted octanol–water partition coefficient (Wildman–Crippen LogP) is 3.34. The maximum atomic E-state index is 13.7. The van der Waals surface area contributed by atoms with Crippen molar-refractivity contribution >= 4 is 11.6 Å². The van der Waals surface area contributed by atoms with Crippen molar-refractivity contribution in [3.8, 4) is 11.5 Å². The highest BCUT2D eigenvalue weighted by atomic mass is 19.1. The van der Waals surface area contributed by atoms with Crippen LogP contribution < -0.4 is 14.8 Å². The molecule has 26 heavy (non-hydrogen) atoms. The summed E-state index contributed by atoms with van der Waals surface area (Å²) in [7, 11) is 3.03. The second-order valence-electron chi connectivity index (χ2n) is 5.57. The van der Waals surface area contributed by atoms with Gasteiger partial charge in [0, 0.05) is 23.4 Å². The summed E-state index contributed by atoms with van der Waals surface area (Å²) in [6.07, 6.45) is 3.15. The molecule has 0 aliphatic heterocycles. The van der Waals surface area contributed by atoms with Gasteiger partial charge >= 0.3 is 0 Å². The van der Waals surface area contributed by atoms with Crippen LogP contribution >= 0.6 is 0 Å². The highest BCUT2D eigenvalue weighted by molar-refractivity contribution is 6.04. The Morgan fingerprint density at radius 3 is 2.50 bits per heavy atom. The maximum absolute atomic E-state index is 13.7. The molecule has 0 radical (unpaired) electrons. The van der Waals surface area contributed by atoms with E-state index in [1.54, 1.807) is 47.3 Å². The molecule has 0 saturated carbocycles. The average Bonchev–Trinajstić information content (AvgIpc) is 3.10. The number of amides is 1. The Kier molecular flexibility index (Phi) is 5.17. The van der Waals surface area contributed by atoms with Crippen molar-refractivity contribution in [3.63, 3.8) is 0 Å². The number of benzene rings is 2. The first kappa shape index (κ1) is 17.5. The number of hydrogen-bond acceptors (Lipinski definition) is 4. The number of halogens is 1. The lowest BCUT2D eigenvalue weighted by atomic mass is 10.2. The van der Waals surface area contributed by atoms with Gasteiger partial charge in [-0.2, -0.15) is 5.10 Å². The van der Waals surface area contributed by atoms with E-state index in [0.29, 0.717) is 28.3 Å². The zero-order valence-electron chi connectivity index (χ0n) is 14.4. The highest BCUT2D eigenvalue weighted by Crippen LogP contribution is 2.23. The molecule has 1 aromatic heterocycles. The summed E-state index contributed by atoms with van der Waals surface area (Å²) in [5, 5.41) is 6.91. The van der Waals surface area contributed by atoms with Gasteiger partial charge in [0.2, 0.25) is 0 Å². The summed E-state index contributed by atoms with van der Waals surface area (Å²) in [6.45, 7) is 0.273. The minimum absolute atomic E-state index is 0.273. The van der Waals surface area contributed by atoms with E-state index in [1.807, 2.05) is 0 Å². The Balaban J connectivity index is 1.73. The van der Waals surface area contributed by atoms with Gasteiger partial charge in [-0.15, -0.1) is 0 Å². The largest absolute Gasteiger partial charge is 0.497 e. The quantitative estimate of drug-likeness (QED) is 0.736. The van der Waals surface area contributed by atoms with Crippen LogP contribution in [0.3, 0.4) is 0 Å². The van der Waals surface area contributed by atoms with Crippen molar-refractivity contribution in [1.29, 1.82) is 0 Å². The first-order chi connectivity index (χ1) is 12.6. The summed E-state index contributed by atoms with van der Waals surface area (Å²) in [5.74, 6) is 0.416. The molecule has 0 bridgehead atoms. The lowest BCUT2D eigenvalue weighted by Crippen LogP contribution is -2.12. The van der Waals surface area contributed by atoms with Gasteiger partial charge in [-0.1, -0.05) is 18.2 Å². The zero-order valence-corrected chi connectivity index (χ0v) is 14.4. The number of nitrogens with zero attached hydrogens (tertiary/aromatic N) is 2. The molecule has 0 atom stereocenters. The Bertz CT molecular complexity index is 902. The maximum Gasteiger partial charge on any atom is 0.256 e. The predicted molar refractivity (Wildman–Crippen MR) is 95.2 cm³/mol. The number of anilines is 1. The molecule has 0 saturated heterocycles. The third kappa shape index (κ3) is 4.00. The number of rotatable bonds is 6. The molecular weight excluding hydrogens is 337 g/mol. The van der Waals surface area contributed by atoms with Crippen molar-refractivity contribution < 1.29 is 18.7 Å². The molecule has 1 N–H and O–H groups in total. The molecule has 3 aromatic rings. The van der Waals surface area contributed by atoms with E-state index in [9.17, 15) is 9.18 Å². The lowest BCUT2D eigenvalue weighted by molar-refractivity contribution is 0.102. The summed E-state index contributed by atoms with van der Waals surface area (Å²) in [5.41, 5.74) is 1.42. The van der Waals surface area contributed by atoms with E-state index in [4.69, 9.17) is 9.47 Å². The van der Waals surface area contributed by atoms with Crippen molar-refractivity contribution in [1.82, 2.24) is 9.78 Å². The van der Waals surface area contributed by atoms with E-state index in [-0.39, 0.29) is 18.3 Å². The van der Waals surface area contributed by atoms with Gasteiger partial charge in [0.05, 0.1) is 32.6 Å². The topological polar surface area (TPSA) is 65.4 Å². The van der Waals surface area contributed by atoms with Crippen LogP contribution in [0.1, 0.15) is 15.9 Å². The Morgan fingerprint density at radius 2 is 1.85 bits per heavy atom. The number of aromatic nitrogens is 2. The molecule has 1 amide bonds. The van der Waals surface area contributed by atoms with Gasteiger partial charge in [-0.05, 0) is 18.2 Å². The van der Waals surface area contributed by atoms with E-state index in [0.717, 1.165) is 0 Å². The third-order valence-electron chi connectivity index (χ3n) is 3.79. The van der Waals surface area contributed by atoms with Crippen LogP contribution in [0.25, 0.3) is 0 Å². The van der Waals surface area contributed by atoms with Crippen LogP contribution in [0.4, 0.5) is 10.1 Å². The molecule has 0 unspecified atom stereocenters. The summed E-state index contributed by atoms with van der Waals surface area (Å²) in [6, 6.07) is 11.4. The van der Waals surface area contributed by atoms with Crippen LogP contribution in [0, 0.1) is 5.82 Å². The lowest BCUT2D eigenvalue weighted by Gasteiger charge is -2.08. The zero-order chi connectivity index (χ0) is 18.5. The first-order valence-electron chi connectivity index (χ1n) is 7.89. The normalized spacial score (nSPS) is 10.4. The van der Waals surface area contributed by atoms with Crippen LogP contribution in [0.15, 0.2) is 54.9 Å².